The predicted octanol–water partition coefficient (Wildman–Crippen LogP) is 1.79. The van der Waals surface area contributed by atoms with Crippen molar-refractivity contribution in [2.75, 3.05) is 0 Å². The fraction of sp³-hybridized carbons (Fsp3) is 0.143. The number of nitrogens with zero attached hydrogens (tertiary/aromatic N) is 1. The summed E-state index contributed by atoms with van der Waals surface area (Å²) in [5, 5.41) is 18.4. The normalized spacial score (nSPS) is 13.0. The Bertz CT molecular complexity index is 216. The Labute approximate surface area is 64.3 Å². The van der Waals surface area contributed by atoms with Crippen LogP contribution < -0.4 is 0 Å². The van der Waals surface area contributed by atoms with Crippen molar-refractivity contribution in [2.45, 2.75) is 6.92 Å². The summed E-state index contributed by atoms with van der Waals surface area (Å²) < 4.78 is 0. The molecule has 0 heterocycles. The molecule has 0 saturated heterocycles. The van der Waals surface area contributed by atoms with Crippen LogP contribution in [0.4, 0.5) is 0 Å². The molecule has 4 heteroatoms. The van der Waals surface area contributed by atoms with E-state index in [4.69, 9.17) is 5.11 Å². The summed E-state index contributed by atoms with van der Waals surface area (Å²) in [4.78, 5) is 9.64. The van der Waals surface area contributed by atoms with Crippen LogP contribution in [0.3, 0.4) is 0 Å². The summed E-state index contributed by atoms with van der Waals surface area (Å²) in [5.41, 5.74) is -0.0576. The minimum absolute atomic E-state index is 0.0576. The van der Waals surface area contributed by atoms with Gasteiger partial charge in [-0.2, -0.15) is 0 Å². The van der Waals surface area contributed by atoms with Crippen molar-refractivity contribution in [1.82, 2.24) is 0 Å². The van der Waals surface area contributed by atoms with Gasteiger partial charge in [-0.15, -0.1) is 0 Å². The van der Waals surface area contributed by atoms with E-state index in [0.29, 0.717) is 0 Å². The first-order valence-electron chi connectivity index (χ1n) is 3.00. The van der Waals surface area contributed by atoms with Gasteiger partial charge in [-0.1, -0.05) is 6.08 Å². The van der Waals surface area contributed by atoms with Gasteiger partial charge < -0.3 is 5.11 Å². The highest BCUT2D eigenvalue weighted by Gasteiger charge is 2.01. The van der Waals surface area contributed by atoms with E-state index in [0.717, 1.165) is 6.26 Å². The Morgan fingerprint density at radius 3 is 2.64 bits per heavy atom. The van der Waals surface area contributed by atoms with Gasteiger partial charge in [0, 0.05) is 12.2 Å². The van der Waals surface area contributed by atoms with Crippen molar-refractivity contribution in [3.63, 3.8) is 0 Å². The van der Waals surface area contributed by atoms with E-state index in [2.05, 4.69) is 0 Å². The Kier molecular flexibility index (Phi) is 4.47. The first-order chi connectivity index (χ1) is 5.22. The van der Waals surface area contributed by atoms with E-state index in [1.165, 1.54) is 18.2 Å². The number of allylic oxidation sites excluding steroid dienone is 4. The zero-order valence-electron chi connectivity index (χ0n) is 6.10. The fourth-order valence-corrected chi connectivity index (χ4v) is 0.490. The molecular weight excluding hydrogens is 146 g/mol. The Morgan fingerprint density at radius 2 is 2.27 bits per heavy atom. The zero-order valence-corrected chi connectivity index (χ0v) is 6.10. The average molecular weight is 155 g/mol. The first-order valence-corrected chi connectivity index (χ1v) is 3.00. The molecule has 0 aromatic rings. The van der Waals surface area contributed by atoms with Gasteiger partial charge in [0.15, 0.2) is 0 Å². The minimum atomic E-state index is -0.528. The number of rotatable bonds is 3. The molecule has 0 atom stereocenters. The fourth-order valence-electron chi connectivity index (χ4n) is 0.490. The summed E-state index contributed by atoms with van der Waals surface area (Å²) in [6.45, 7) is 1.68. The van der Waals surface area contributed by atoms with Crippen LogP contribution in [0.1, 0.15) is 6.92 Å². The van der Waals surface area contributed by atoms with Crippen molar-refractivity contribution in [3.05, 3.63) is 46.4 Å². The van der Waals surface area contributed by atoms with Gasteiger partial charge in [-0.3, -0.25) is 10.1 Å². The molecular formula is C7H9NO3. The molecule has 0 aliphatic rings. The Hall–Kier alpha value is -1.58. The van der Waals surface area contributed by atoms with Gasteiger partial charge in [0.2, 0.25) is 0 Å². The quantitative estimate of drug-likeness (QED) is 0.292. The molecule has 0 bridgehead atoms. The molecule has 0 aliphatic heterocycles. The molecule has 4 nitrogen and oxygen atoms in total. The monoisotopic (exact) mass is 155 g/mol. The first kappa shape index (κ1) is 9.42. The van der Waals surface area contributed by atoms with Crippen molar-refractivity contribution < 1.29 is 10.0 Å². The van der Waals surface area contributed by atoms with E-state index in [1.807, 2.05) is 0 Å². The molecule has 0 spiro atoms. The number of hydrogen-bond donors (Lipinski definition) is 1. The molecule has 0 rings (SSSR count). The van der Waals surface area contributed by atoms with Crippen LogP contribution in [0, 0.1) is 10.1 Å². The Morgan fingerprint density at radius 1 is 1.64 bits per heavy atom. The maximum Gasteiger partial charge on any atom is 0.269 e. The average Bonchev–Trinajstić information content (AvgIpc) is 1.97. The molecule has 0 fully saturated rings. The third-order valence-electron chi connectivity index (χ3n) is 0.901. The summed E-state index contributed by atoms with van der Waals surface area (Å²) in [6, 6.07) is 0. The lowest BCUT2D eigenvalue weighted by molar-refractivity contribution is -0.419. The van der Waals surface area contributed by atoms with Crippen molar-refractivity contribution in [1.29, 1.82) is 0 Å². The van der Waals surface area contributed by atoms with Crippen molar-refractivity contribution in [2.24, 2.45) is 0 Å². The zero-order chi connectivity index (χ0) is 8.69. The molecule has 1 N–H and O–H groups in total. The van der Waals surface area contributed by atoms with Crippen LogP contribution in [0.15, 0.2) is 36.3 Å². The second-order valence-electron chi connectivity index (χ2n) is 1.69. The number of aliphatic hydroxyl groups excluding tert-OH is 1. The molecule has 0 unspecified atom stereocenters. The summed E-state index contributed by atoms with van der Waals surface area (Å²) >= 11 is 0. The number of hydrogen-bond acceptors (Lipinski definition) is 3. The van der Waals surface area contributed by atoms with Crippen molar-refractivity contribution in [3.8, 4) is 0 Å². The number of nitro groups is 1. The molecule has 0 aromatic heterocycles. The third-order valence-corrected chi connectivity index (χ3v) is 0.901. The molecule has 0 amide bonds. The van der Waals surface area contributed by atoms with Crippen LogP contribution in [0.25, 0.3) is 0 Å². The molecule has 11 heavy (non-hydrogen) atoms. The number of aliphatic hydroxyl groups is 1. The van der Waals surface area contributed by atoms with Gasteiger partial charge in [0.25, 0.3) is 5.70 Å². The van der Waals surface area contributed by atoms with E-state index < -0.39 is 4.92 Å². The standard InChI is InChI=1S/C7H9NO3/c1-2-4-7(8(10)11)5-3-6-9/h2-6,9H,1H3/b4-2-,6-3+,7-5+. The van der Waals surface area contributed by atoms with Crippen molar-refractivity contribution >= 4 is 0 Å². The van der Waals surface area contributed by atoms with E-state index >= 15 is 0 Å². The molecule has 60 valence electrons. The van der Waals surface area contributed by atoms with Gasteiger partial charge in [0.05, 0.1) is 11.2 Å². The van der Waals surface area contributed by atoms with E-state index in [1.54, 1.807) is 13.0 Å². The highest BCUT2D eigenvalue weighted by molar-refractivity contribution is 5.15. The lowest BCUT2D eigenvalue weighted by atomic mass is 10.3. The predicted molar refractivity (Wildman–Crippen MR) is 41.7 cm³/mol. The van der Waals surface area contributed by atoms with Gasteiger partial charge in [0.1, 0.15) is 0 Å². The largest absolute Gasteiger partial charge is 0.516 e. The van der Waals surface area contributed by atoms with Gasteiger partial charge in [-0.25, -0.2) is 0 Å². The lowest BCUT2D eigenvalue weighted by Crippen LogP contribution is -1.93. The van der Waals surface area contributed by atoms with Crippen LogP contribution >= 0.6 is 0 Å². The van der Waals surface area contributed by atoms with Crippen LogP contribution in [0.2, 0.25) is 0 Å². The molecule has 0 aliphatic carbocycles. The highest BCUT2D eigenvalue weighted by atomic mass is 16.6. The SMILES string of the molecule is C\C=C/C(=C\C=C\O)[N+](=O)[O-]. The molecule has 0 radical (unpaired) electrons. The summed E-state index contributed by atoms with van der Waals surface area (Å²) in [7, 11) is 0. The molecule has 0 aromatic carbocycles. The minimum Gasteiger partial charge on any atom is -0.516 e. The van der Waals surface area contributed by atoms with Gasteiger partial charge >= 0.3 is 0 Å². The maximum absolute atomic E-state index is 10.2. The van der Waals surface area contributed by atoms with E-state index in [-0.39, 0.29) is 5.70 Å². The van der Waals surface area contributed by atoms with Crippen LogP contribution in [-0.4, -0.2) is 10.0 Å². The second kappa shape index (κ2) is 5.22. The Balaban J connectivity index is 4.45. The second-order valence-corrected chi connectivity index (χ2v) is 1.69. The van der Waals surface area contributed by atoms with E-state index in [9.17, 15) is 10.1 Å². The maximum atomic E-state index is 10.2. The lowest BCUT2D eigenvalue weighted by Gasteiger charge is -1.86. The van der Waals surface area contributed by atoms with Gasteiger partial charge in [-0.05, 0) is 13.0 Å². The summed E-state index contributed by atoms with van der Waals surface area (Å²) in [5.74, 6) is 0. The summed E-state index contributed by atoms with van der Waals surface area (Å²) in [6.07, 6.45) is 6.05. The van der Waals surface area contributed by atoms with Crippen LogP contribution in [-0.2, 0) is 0 Å². The van der Waals surface area contributed by atoms with Crippen LogP contribution in [0.5, 0.6) is 0 Å². The smallest absolute Gasteiger partial charge is 0.269 e. The highest BCUT2D eigenvalue weighted by Crippen LogP contribution is 1.97. The third kappa shape index (κ3) is 3.91. The molecule has 0 saturated carbocycles. The topological polar surface area (TPSA) is 63.4 Å².